The highest BCUT2D eigenvalue weighted by molar-refractivity contribution is 6.00. The van der Waals surface area contributed by atoms with Crippen LogP contribution in [0.4, 0.5) is 11.5 Å². The summed E-state index contributed by atoms with van der Waals surface area (Å²) in [5.41, 5.74) is 2.07. The molecule has 30 heavy (non-hydrogen) atoms. The molecule has 0 aliphatic rings. The van der Waals surface area contributed by atoms with E-state index in [9.17, 15) is 14.7 Å². The topological polar surface area (TPSA) is 91.8 Å². The van der Waals surface area contributed by atoms with E-state index >= 15 is 0 Å². The van der Waals surface area contributed by atoms with Crippen LogP contribution in [-0.2, 0) is 11.2 Å². The van der Waals surface area contributed by atoms with E-state index in [1.165, 1.54) is 4.90 Å². The molecule has 0 spiro atoms. The largest absolute Gasteiger partial charge is 0.497 e. The molecule has 0 saturated heterocycles. The molecule has 0 radical (unpaired) electrons. The summed E-state index contributed by atoms with van der Waals surface area (Å²) in [6.45, 7) is -0.103. The fourth-order valence-electron chi connectivity index (χ4n) is 2.98. The Morgan fingerprint density at radius 2 is 1.77 bits per heavy atom. The Morgan fingerprint density at radius 3 is 2.43 bits per heavy atom. The van der Waals surface area contributed by atoms with Crippen molar-refractivity contribution >= 4 is 23.4 Å². The van der Waals surface area contributed by atoms with Gasteiger partial charge in [-0.1, -0.05) is 30.3 Å². The van der Waals surface area contributed by atoms with E-state index in [1.54, 1.807) is 37.6 Å². The van der Waals surface area contributed by atoms with Crippen LogP contribution in [-0.4, -0.2) is 47.1 Å². The van der Waals surface area contributed by atoms with Crippen molar-refractivity contribution in [3.8, 4) is 5.75 Å². The van der Waals surface area contributed by atoms with E-state index in [1.807, 2.05) is 42.5 Å². The molecule has 0 fully saturated rings. The van der Waals surface area contributed by atoms with Gasteiger partial charge in [0.15, 0.2) is 0 Å². The van der Waals surface area contributed by atoms with Crippen LogP contribution in [0.3, 0.4) is 0 Å². The highest BCUT2D eigenvalue weighted by Crippen LogP contribution is 2.22. The first-order chi connectivity index (χ1) is 14.6. The minimum atomic E-state index is -1.06. The van der Waals surface area contributed by atoms with E-state index < -0.39 is 11.9 Å². The average Bonchev–Trinajstić information content (AvgIpc) is 2.77. The number of benzene rings is 2. The molecular formula is C23H23N3O4. The average molecular weight is 405 g/mol. The zero-order valence-corrected chi connectivity index (χ0v) is 16.6. The monoisotopic (exact) mass is 405 g/mol. The molecule has 7 heteroatoms. The molecule has 0 atom stereocenters. The third-order valence-corrected chi connectivity index (χ3v) is 4.52. The molecule has 7 nitrogen and oxygen atoms in total. The van der Waals surface area contributed by atoms with Crippen LogP contribution in [0.5, 0.6) is 5.75 Å². The normalized spacial score (nSPS) is 10.3. The van der Waals surface area contributed by atoms with Gasteiger partial charge in [-0.2, -0.15) is 0 Å². The number of anilines is 2. The van der Waals surface area contributed by atoms with Crippen molar-refractivity contribution in [1.82, 2.24) is 9.88 Å². The van der Waals surface area contributed by atoms with E-state index in [0.717, 1.165) is 11.3 Å². The number of carbonyl (C=O) groups is 2. The predicted octanol–water partition coefficient (Wildman–Crippen LogP) is 3.60. The fourth-order valence-corrected chi connectivity index (χ4v) is 2.98. The first kappa shape index (κ1) is 20.9. The highest BCUT2D eigenvalue weighted by atomic mass is 16.5. The van der Waals surface area contributed by atoms with Crippen molar-refractivity contribution < 1.29 is 19.4 Å². The van der Waals surface area contributed by atoms with Gasteiger partial charge in [0.05, 0.1) is 12.7 Å². The van der Waals surface area contributed by atoms with Crippen molar-refractivity contribution in [2.75, 3.05) is 25.5 Å². The SMILES string of the molecule is COc1ccc(Nc2ncccc2C(=O)N(CCc2ccccc2)CC(=O)O)cc1. The zero-order chi connectivity index (χ0) is 21.3. The van der Waals surface area contributed by atoms with Gasteiger partial charge in [-0.05, 0) is 48.4 Å². The summed E-state index contributed by atoms with van der Waals surface area (Å²) in [7, 11) is 1.59. The highest BCUT2D eigenvalue weighted by Gasteiger charge is 2.22. The lowest BCUT2D eigenvalue weighted by Crippen LogP contribution is -2.37. The van der Waals surface area contributed by atoms with Gasteiger partial charge in [0, 0.05) is 18.4 Å². The molecule has 1 heterocycles. The Kier molecular flexibility index (Phi) is 7.00. The molecule has 0 unspecified atom stereocenters. The van der Waals surface area contributed by atoms with Crippen molar-refractivity contribution in [3.63, 3.8) is 0 Å². The van der Waals surface area contributed by atoms with Crippen molar-refractivity contribution in [3.05, 3.63) is 84.1 Å². The van der Waals surface area contributed by atoms with Crippen LogP contribution in [0, 0.1) is 0 Å². The number of ether oxygens (including phenoxy) is 1. The van der Waals surface area contributed by atoms with Gasteiger partial charge in [-0.3, -0.25) is 9.59 Å². The Morgan fingerprint density at radius 1 is 1.03 bits per heavy atom. The molecule has 2 N–H and O–H groups in total. The number of methoxy groups -OCH3 is 1. The summed E-state index contributed by atoms with van der Waals surface area (Å²) in [5.74, 6) is -0.378. The molecule has 1 aromatic heterocycles. The van der Waals surface area contributed by atoms with Crippen molar-refractivity contribution in [2.45, 2.75) is 6.42 Å². The third-order valence-electron chi connectivity index (χ3n) is 4.52. The minimum Gasteiger partial charge on any atom is -0.497 e. The lowest BCUT2D eigenvalue weighted by Gasteiger charge is -2.22. The number of hydrogen-bond donors (Lipinski definition) is 2. The number of carboxylic acid groups (broad SMARTS) is 1. The Hall–Kier alpha value is -3.87. The summed E-state index contributed by atoms with van der Waals surface area (Å²) in [5, 5.41) is 12.4. The summed E-state index contributed by atoms with van der Waals surface area (Å²) in [6.07, 6.45) is 2.13. The summed E-state index contributed by atoms with van der Waals surface area (Å²) in [4.78, 5) is 30.1. The number of nitrogens with one attached hydrogen (secondary N) is 1. The number of pyridine rings is 1. The minimum absolute atomic E-state index is 0.284. The summed E-state index contributed by atoms with van der Waals surface area (Å²) >= 11 is 0. The summed E-state index contributed by atoms with van der Waals surface area (Å²) in [6, 6.07) is 20.1. The quantitative estimate of drug-likeness (QED) is 0.565. The van der Waals surface area contributed by atoms with Crippen LogP contribution in [0.25, 0.3) is 0 Å². The fraction of sp³-hybridized carbons (Fsp3) is 0.174. The Balaban J connectivity index is 1.80. The lowest BCUT2D eigenvalue weighted by atomic mass is 10.1. The third kappa shape index (κ3) is 5.57. The molecule has 1 amide bonds. The van der Waals surface area contributed by atoms with Crippen LogP contribution >= 0.6 is 0 Å². The van der Waals surface area contributed by atoms with E-state index in [2.05, 4.69) is 10.3 Å². The molecule has 3 aromatic rings. The van der Waals surface area contributed by atoms with Crippen LogP contribution < -0.4 is 10.1 Å². The van der Waals surface area contributed by atoms with Gasteiger partial charge in [-0.25, -0.2) is 4.98 Å². The smallest absolute Gasteiger partial charge is 0.323 e. The maximum absolute atomic E-state index is 13.2. The van der Waals surface area contributed by atoms with Crippen LogP contribution in [0.1, 0.15) is 15.9 Å². The van der Waals surface area contributed by atoms with Crippen LogP contribution in [0.2, 0.25) is 0 Å². The molecule has 154 valence electrons. The van der Waals surface area contributed by atoms with Crippen molar-refractivity contribution in [1.29, 1.82) is 0 Å². The number of aromatic nitrogens is 1. The lowest BCUT2D eigenvalue weighted by molar-refractivity contribution is -0.137. The number of aliphatic carboxylic acids is 1. The maximum atomic E-state index is 13.2. The number of nitrogens with zero attached hydrogens (tertiary/aromatic N) is 2. The van der Waals surface area contributed by atoms with Gasteiger partial charge in [0.2, 0.25) is 0 Å². The van der Waals surface area contributed by atoms with Gasteiger partial charge in [-0.15, -0.1) is 0 Å². The zero-order valence-electron chi connectivity index (χ0n) is 16.6. The first-order valence-corrected chi connectivity index (χ1v) is 9.48. The van der Waals surface area contributed by atoms with E-state index in [4.69, 9.17) is 4.74 Å². The van der Waals surface area contributed by atoms with Gasteiger partial charge in [0.25, 0.3) is 5.91 Å². The predicted molar refractivity (Wildman–Crippen MR) is 114 cm³/mol. The van der Waals surface area contributed by atoms with E-state index in [0.29, 0.717) is 23.6 Å². The number of carbonyl (C=O) groups excluding carboxylic acids is 1. The number of carboxylic acids is 1. The molecule has 2 aromatic carbocycles. The van der Waals surface area contributed by atoms with Crippen LogP contribution in [0.15, 0.2) is 72.9 Å². The number of amides is 1. The maximum Gasteiger partial charge on any atom is 0.323 e. The second-order valence-corrected chi connectivity index (χ2v) is 6.61. The molecule has 0 aliphatic heterocycles. The first-order valence-electron chi connectivity index (χ1n) is 9.48. The second kappa shape index (κ2) is 10.1. The van der Waals surface area contributed by atoms with Gasteiger partial charge < -0.3 is 20.1 Å². The number of hydrogen-bond acceptors (Lipinski definition) is 5. The standard InChI is InChI=1S/C23H23N3O4/c1-30-19-11-9-18(10-12-19)25-22-20(8-5-14-24-22)23(29)26(16-21(27)28)15-13-17-6-3-2-4-7-17/h2-12,14H,13,15-16H2,1H3,(H,24,25)(H,27,28). The molecule has 3 rings (SSSR count). The second-order valence-electron chi connectivity index (χ2n) is 6.61. The van der Waals surface area contributed by atoms with Gasteiger partial charge >= 0.3 is 5.97 Å². The summed E-state index contributed by atoms with van der Waals surface area (Å²) < 4.78 is 5.15. The molecular weight excluding hydrogens is 382 g/mol. The van der Waals surface area contributed by atoms with Gasteiger partial charge in [0.1, 0.15) is 18.1 Å². The molecule has 0 aliphatic carbocycles. The molecule has 0 saturated carbocycles. The molecule has 0 bridgehead atoms. The number of rotatable bonds is 9. The van der Waals surface area contributed by atoms with E-state index in [-0.39, 0.29) is 13.1 Å². The Labute approximate surface area is 174 Å². The van der Waals surface area contributed by atoms with Crippen molar-refractivity contribution in [2.24, 2.45) is 0 Å². The Bertz CT molecular complexity index is 991.